The summed E-state index contributed by atoms with van der Waals surface area (Å²) in [6.45, 7) is 1.62. The fourth-order valence-electron chi connectivity index (χ4n) is 1.04. The molecular formula is C8H13ClN3O+. The minimum Gasteiger partial charge on any atom is -0.355 e. The predicted octanol–water partition coefficient (Wildman–Crippen LogP) is -0.870. The van der Waals surface area contributed by atoms with Crippen molar-refractivity contribution in [2.24, 2.45) is 4.99 Å². The summed E-state index contributed by atoms with van der Waals surface area (Å²) in [6.07, 6.45) is 6.51. The Kier molecular flexibility index (Phi) is 4.49. The Balaban J connectivity index is 1.98. The number of alkyl halides is 1. The molecular weight excluding hydrogens is 190 g/mol. The van der Waals surface area contributed by atoms with Gasteiger partial charge < -0.3 is 5.32 Å². The first-order chi connectivity index (χ1) is 6.33. The number of rotatable bonds is 5. The number of hydrogen-bond acceptors (Lipinski definition) is 2. The van der Waals surface area contributed by atoms with Gasteiger partial charge in [-0.05, 0) is 0 Å². The van der Waals surface area contributed by atoms with Crippen molar-refractivity contribution < 1.29 is 9.69 Å². The van der Waals surface area contributed by atoms with Crippen LogP contribution in [-0.2, 0) is 4.79 Å². The highest BCUT2D eigenvalue weighted by atomic mass is 35.5. The fourth-order valence-corrected chi connectivity index (χ4v) is 1.13. The Labute approximate surface area is 82.3 Å². The molecule has 0 radical (unpaired) electrons. The molecule has 13 heavy (non-hydrogen) atoms. The number of aliphatic imine (C=N–C) groups is 1. The van der Waals surface area contributed by atoms with Gasteiger partial charge in [0, 0.05) is 13.0 Å². The van der Waals surface area contributed by atoms with E-state index in [4.69, 9.17) is 11.6 Å². The smallest absolute Gasteiger partial charge is 0.234 e. The van der Waals surface area contributed by atoms with Crippen molar-refractivity contribution >= 4 is 23.8 Å². The lowest BCUT2D eigenvalue weighted by Crippen LogP contribution is -3.05. The van der Waals surface area contributed by atoms with Crippen LogP contribution in [0.15, 0.2) is 17.4 Å². The van der Waals surface area contributed by atoms with E-state index in [1.165, 1.54) is 4.90 Å². The fraction of sp³-hybridized carbons (Fsp3) is 0.500. The largest absolute Gasteiger partial charge is 0.355 e. The molecule has 5 heteroatoms. The molecule has 0 aromatic carbocycles. The van der Waals surface area contributed by atoms with Crippen LogP contribution < -0.4 is 10.2 Å². The molecule has 1 aliphatic rings. The van der Waals surface area contributed by atoms with Gasteiger partial charge in [0.05, 0.1) is 12.7 Å². The van der Waals surface area contributed by atoms with Gasteiger partial charge in [0.15, 0.2) is 6.34 Å². The lowest BCUT2D eigenvalue weighted by molar-refractivity contribution is -0.736. The Morgan fingerprint density at radius 2 is 2.46 bits per heavy atom. The van der Waals surface area contributed by atoms with Crippen LogP contribution in [0.1, 0.15) is 6.42 Å². The summed E-state index contributed by atoms with van der Waals surface area (Å²) in [5, 5.41) is 2.70. The highest BCUT2D eigenvalue weighted by Crippen LogP contribution is 1.77. The molecule has 0 saturated heterocycles. The Hall–Kier alpha value is -0.870. The molecule has 0 aromatic heterocycles. The van der Waals surface area contributed by atoms with Gasteiger partial charge in [-0.1, -0.05) is 0 Å². The first kappa shape index (κ1) is 10.2. The van der Waals surface area contributed by atoms with Crippen LogP contribution in [0, 0.1) is 0 Å². The van der Waals surface area contributed by atoms with E-state index in [2.05, 4.69) is 10.3 Å². The van der Waals surface area contributed by atoms with Gasteiger partial charge in [0.1, 0.15) is 12.1 Å². The van der Waals surface area contributed by atoms with Gasteiger partial charge in [0.25, 0.3) is 0 Å². The first-order valence-electron chi connectivity index (χ1n) is 4.21. The zero-order valence-electron chi connectivity index (χ0n) is 7.29. The molecule has 2 N–H and O–H groups in total. The van der Waals surface area contributed by atoms with E-state index in [1.807, 2.05) is 12.5 Å². The quantitative estimate of drug-likeness (QED) is 0.442. The lowest BCUT2D eigenvalue weighted by Gasteiger charge is -2.05. The second kappa shape index (κ2) is 5.72. The zero-order chi connectivity index (χ0) is 9.52. The molecule has 0 fully saturated rings. The van der Waals surface area contributed by atoms with Gasteiger partial charge >= 0.3 is 0 Å². The molecule has 1 amide bonds. The maximum Gasteiger partial charge on any atom is 0.234 e. The SMILES string of the molecule is O=C(CCl)NCCC[NH+]1C=CN=C1. The van der Waals surface area contributed by atoms with Crippen LogP contribution in [0.2, 0.25) is 0 Å². The van der Waals surface area contributed by atoms with Crippen LogP contribution in [-0.4, -0.2) is 31.2 Å². The highest BCUT2D eigenvalue weighted by molar-refractivity contribution is 6.27. The molecule has 1 heterocycles. The molecule has 0 aliphatic carbocycles. The van der Waals surface area contributed by atoms with E-state index in [0.717, 1.165) is 13.0 Å². The molecule has 0 spiro atoms. The van der Waals surface area contributed by atoms with E-state index in [9.17, 15) is 4.79 Å². The summed E-state index contributed by atoms with van der Waals surface area (Å²) in [4.78, 5) is 15.9. The summed E-state index contributed by atoms with van der Waals surface area (Å²) < 4.78 is 0. The maximum atomic E-state index is 10.7. The minimum absolute atomic E-state index is 0.0396. The summed E-state index contributed by atoms with van der Waals surface area (Å²) in [7, 11) is 0. The zero-order valence-corrected chi connectivity index (χ0v) is 8.05. The van der Waals surface area contributed by atoms with Crippen LogP contribution in [0.25, 0.3) is 0 Å². The van der Waals surface area contributed by atoms with Gasteiger partial charge in [-0.2, -0.15) is 0 Å². The van der Waals surface area contributed by atoms with Gasteiger partial charge in [-0.3, -0.25) is 9.69 Å². The standard InChI is InChI=1S/C8H12ClN3O/c9-6-8(13)11-2-1-4-12-5-3-10-7-12/h3,5,7H,1-2,4,6H2,(H,11,13)/p+1. The van der Waals surface area contributed by atoms with Crippen molar-refractivity contribution in [3.8, 4) is 0 Å². The van der Waals surface area contributed by atoms with Crippen molar-refractivity contribution in [3.63, 3.8) is 0 Å². The molecule has 0 saturated carbocycles. The average molecular weight is 203 g/mol. The van der Waals surface area contributed by atoms with E-state index < -0.39 is 0 Å². The molecule has 1 aliphatic heterocycles. The summed E-state index contributed by atoms with van der Waals surface area (Å²) in [5.74, 6) is -0.0694. The van der Waals surface area contributed by atoms with Crippen LogP contribution >= 0.6 is 11.6 Å². The molecule has 4 nitrogen and oxygen atoms in total. The molecule has 1 unspecified atom stereocenters. The van der Waals surface area contributed by atoms with Gasteiger partial charge in [-0.15, -0.1) is 11.6 Å². The number of carbonyl (C=O) groups is 1. The minimum atomic E-state index is -0.109. The number of halogens is 1. The van der Waals surface area contributed by atoms with Gasteiger partial charge in [-0.25, -0.2) is 4.99 Å². The predicted molar refractivity (Wildman–Crippen MR) is 51.8 cm³/mol. The van der Waals surface area contributed by atoms with E-state index in [-0.39, 0.29) is 11.8 Å². The number of nitrogens with one attached hydrogen (secondary N) is 2. The average Bonchev–Trinajstić information content (AvgIpc) is 2.64. The number of quaternary nitrogens is 1. The summed E-state index contributed by atoms with van der Waals surface area (Å²) >= 11 is 5.31. The van der Waals surface area contributed by atoms with Gasteiger partial charge in [0.2, 0.25) is 5.91 Å². The Morgan fingerprint density at radius 1 is 1.62 bits per heavy atom. The third-order valence-electron chi connectivity index (χ3n) is 1.70. The summed E-state index contributed by atoms with van der Waals surface area (Å²) in [5.41, 5.74) is 0. The monoisotopic (exact) mass is 202 g/mol. The number of nitrogens with zero attached hydrogens (tertiary/aromatic N) is 1. The summed E-state index contributed by atoms with van der Waals surface area (Å²) in [6, 6.07) is 0. The normalized spacial score (nSPS) is 19.3. The second-order valence-electron chi connectivity index (χ2n) is 2.76. The molecule has 72 valence electrons. The van der Waals surface area contributed by atoms with E-state index >= 15 is 0 Å². The van der Waals surface area contributed by atoms with Crippen molar-refractivity contribution in [2.75, 3.05) is 19.0 Å². The third kappa shape index (κ3) is 4.05. The number of amides is 1. The topological polar surface area (TPSA) is 45.9 Å². The lowest BCUT2D eigenvalue weighted by atomic mass is 10.4. The third-order valence-corrected chi connectivity index (χ3v) is 1.94. The first-order valence-corrected chi connectivity index (χ1v) is 4.74. The maximum absolute atomic E-state index is 10.7. The molecule has 0 bridgehead atoms. The molecule has 1 rings (SSSR count). The molecule has 0 aromatic rings. The van der Waals surface area contributed by atoms with Crippen LogP contribution in [0.5, 0.6) is 0 Å². The van der Waals surface area contributed by atoms with Crippen LogP contribution in [0.4, 0.5) is 0 Å². The number of carbonyl (C=O) groups excluding carboxylic acids is 1. The Morgan fingerprint density at radius 3 is 3.08 bits per heavy atom. The van der Waals surface area contributed by atoms with Crippen LogP contribution in [0.3, 0.4) is 0 Å². The highest BCUT2D eigenvalue weighted by Gasteiger charge is 2.04. The van der Waals surface area contributed by atoms with Crippen molar-refractivity contribution in [1.29, 1.82) is 0 Å². The van der Waals surface area contributed by atoms with Crippen molar-refractivity contribution in [1.82, 2.24) is 5.32 Å². The second-order valence-corrected chi connectivity index (χ2v) is 3.02. The van der Waals surface area contributed by atoms with E-state index in [1.54, 1.807) is 6.20 Å². The van der Waals surface area contributed by atoms with Crippen molar-refractivity contribution in [2.45, 2.75) is 6.42 Å². The Bertz CT molecular complexity index is 215. The molecule has 1 atom stereocenters. The number of hydrogen-bond donors (Lipinski definition) is 2. The van der Waals surface area contributed by atoms with Crippen molar-refractivity contribution in [3.05, 3.63) is 12.4 Å². The van der Waals surface area contributed by atoms with E-state index in [0.29, 0.717) is 6.54 Å².